The predicted octanol–water partition coefficient (Wildman–Crippen LogP) is 5.09. The van der Waals surface area contributed by atoms with Crippen molar-refractivity contribution in [2.45, 2.75) is 12.1 Å². The lowest BCUT2D eigenvalue weighted by molar-refractivity contribution is 0.414. The topological polar surface area (TPSA) is 37.4 Å². The predicted molar refractivity (Wildman–Crippen MR) is 113 cm³/mol. The number of rotatable bonds is 4. The van der Waals surface area contributed by atoms with E-state index in [2.05, 4.69) is 42.6 Å². The number of ether oxygens (including phenoxy) is 1. The molecule has 0 bridgehead atoms. The van der Waals surface area contributed by atoms with Crippen LogP contribution in [0.4, 0.5) is 5.69 Å². The minimum atomic E-state index is -0.0424. The molecular formula is C19H16BrN3OS2. The molecule has 1 saturated heterocycles. The minimum Gasteiger partial charge on any atom is -0.495 e. The van der Waals surface area contributed by atoms with E-state index in [0.29, 0.717) is 5.11 Å². The van der Waals surface area contributed by atoms with Crippen LogP contribution in [0.15, 0.2) is 64.6 Å². The smallest absolute Gasteiger partial charge is 0.174 e. The monoisotopic (exact) mass is 445 g/mol. The van der Waals surface area contributed by atoms with E-state index in [0.717, 1.165) is 21.6 Å². The van der Waals surface area contributed by atoms with E-state index in [1.807, 2.05) is 48.7 Å². The largest absolute Gasteiger partial charge is 0.495 e. The molecule has 26 heavy (non-hydrogen) atoms. The average Bonchev–Trinajstić information content (AvgIpc) is 3.25. The van der Waals surface area contributed by atoms with Gasteiger partial charge in [0.2, 0.25) is 0 Å². The Morgan fingerprint density at radius 2 is 2.04 bits per heavy atom. The van der Waals surface area contributed by atoms with Crippen LogP contribution >= 0.6 is 39.5 Å². The molecule has 1 N–H and O–H groups in total. The summed E-state index contributed by atoms with van der Waals surface area (Å²) in [7, 11) is 1.68. The van der Waals surface area contributed by atoms with Crippen molar-refractivity contribution in [3.8, 4) is 5.75 Å². The van der Waals surface area contributed by atoms with Crippen LogP contribution in [0.1, 0.15) is 22.7 Å². The molecule has 2 atom stereocenters. The number of nitrogens with one attached hydrogen (secondary N) is 1. The van der Waals surface area contributed by atoms with Gasteiger partial charge < -0.3 is 15.0 Å². The van der Waals surface area contributed by atoms with Gasteiger partial charge in [-0.1, -0.05) is 18.2 Å². The highest BCUT2D eigenvalue weighted by molar-refractivity contribution is 9.10. The van der Waals surface area contributed by atoms with Gasteiger partial charge in [-0.3, -0.25) is 4.98 Å². The fourth-order valence-electron chi connectivity index (χ4n) is 3.22. The summed E-state index contributed by atoms with van der Waals surface area (Å²) in [4.78, 5) is 7.89. The molecule has 0 unspecified atom stereocenters. The highest BCUT2D eigenvalue weighted by Crippen LogP contribution is 2.46. The fraction of sp³-hybridized carbons (Fsp3) is 0.158. The van der Waals surface area contributed by atoms with Crippen molar-refractivity contribution in [1.82, 2.24) is 10.3 Å². The summed E-state index contributed by atoms with van der Waals surface area (Å²) in [5.41, 5.74) is 1.90. The Kier molecular flexibility index (Phi) is 4.93. The summed E-state index contributed by atoms with van der Waals surface area (Å²) < 4.78 is 6.65. The standard InChI is InChI=1S/C19H16BrN3OS2/c1-24-15-8-3-2-7-14(15)23-18(16-10-12(20)11-26-16)17(22-19(23)25)13-6-4-5-9-21-13/h2-11,17-18H,1H3,(H,22,25)/t17-,18-/m1/s1. The van der Waals surface area contributed by atoms with E-state index in [9.17, 15) is 0 Å². The number of pyridine rings is 1. The Morgan fingerprint density at radius 3 is 2.73 bits per heavy atom. The van der Waals surface area contributed by atoms with Crippen LogP contribution in [0.2, 0.25) is 0 Å². The molecule has 3 aromatic rings. The first-order valence-electron chi connectivity index (χ1n) is 8.06. The quantitative estimate of drug-likeness (QED) is 0.565. The molecule has 3 heterocycles. The lowest BCUT2D eigenvalue weighted by atomic mass is 10.0. The Bertz CT molecular complexity index is 931. The summed E-state index contributed by atoms with van der Waals surface area (Å²) in [6, 6.07) is 16.0. The maximum atomic E-state index is 5.72. The van der Waals surface area contributed by atoms with Gasteiger partial charge in [0.25, 0.3) is 0 Å². The van der Waals surface area contributed by atoms with Gasteiger partial charge in [0, 0.05) is 20.9 Å². The van der Waals surface area contributed by atoms with Gasteiger partial charge in [0.1, 0.15) is 5.75 Å². The van der Waals surface area contributed by atoms with E-state index in [-0.39, 0.29) is 12.1 Å². The first-order valence-corrected chi connectivity index (χ1v) is 10.1. The molecule has 132 valence electrons. The number of thiocarbonyl (C=S) groups is 1. The molecule has 0 amide bonds. The van der Waals surface area contributed by atoms with Crippen molar-refractivity contribution in [2.24, 2.45) is 0 Å². The van der Waals surface area contributed by atoms with Gasteiger partial charge >= 0.3 is 0 Å². The fourth-order valence-corrected chi connectivity index (χ4v) is 5.13. The maximum absolute atomic E-state index is 5.72. The molecule has 0 radical (unpaired) electrons. The first kappa shape index (κ1) is 17.5. The minimum absolute atomic E-state index is 0.00926. The Labute approximate surface area is 170 Å². The summed E-state index contributed by atoms with van der Waals surface area (Å²) in [6.45, 7) is 0. The molecule has 0 saturated carbocycles. The van der Waals surface area contributed by atoms with Crippen LogP contribution in [0.3, 0.4) is 0 Å². The second-order valence-electron chi connectivity index (χ2n) is 5.84. The number of nitrogens with zero attached hydrogens (tertiary/aromatic N) is 2. The van der Waals surface area contributed by atoms with E-state index in [1.54, 1.807) is 18.4 Å². The summed E-state index contributed by atoms with van der Waals surface area (Å²) >= 11 is 11.0. The summed E-state index contributed by atoms with van der Waals surface area (Å²) in [5, 5.41) is 6.21. The van der Waals surface area contributed by atoms with E-state index >= 15 is 0 Å². The Morgan fingerprint density at radius 1 is 1.23 bits per heavy atom. The zero-order valence-electron chi connectivity index (χ0n) is 13.9. The van der Waals surface area contributed by atoms with Crippen molar-refractivity contribution >= 4 is 50.3 Å². The SMILES string of the molecule is COc1ccccc1N1C(=S)N[C@H](c2ccccn2)[C@H]1c1cc(Br)cs1. The molecule has 4 nitrogen and oxygen atoms in total. The van der Waals surface area contributed by atoms with E-state index < -0.39 is 0 Å². The molecule has 0 aliphatic carbocycles. The van der Waals surface area contributed by atoms with Crippen LogP contribution in [0.25, 0.3) is 0 Å². The number of anilines is 1. The number of halogens is 1. The molecule has 1 aromatic carbocycles. The zero-order valence-corrected chi connectivity index (χ0v) is 17.1. The summed E-state index contributed by atoms with van der Waals surface area (Å²) in [6.07, 6.45) is 1.81. The molecule has 2 aromatic heterocycles. The second-order valence-corrected chi connectivity index (χ2v) is 8.08. The molecule has 1 aliphatic rings. The maximum Gasteiger partial charge on any atom is 0.174 e. The van der Waals surface area contributed by atoms with Gasteiger partial charge in [-0.25, -0.2) is 0 Å². The normalized spacial score (nSPS) is 19.5. The van der Waals surface area contributed by atoms with Gasteiger partial charge in [0.05, 0.1) is 30.6 Å². The van der Waals surface area contributed by atoms with Crippen molar-refractivity contribution < 1.29 is 4.74 Å². The average molecular weight is 446 g/mol. The van der Waals surface area contributed by atoms with Crippen molar-refractivity contribution in [3.63, 3.8) is 0 Å². The number of hydrogen-bond acceptors (Lipinski definition) is 4. The van der Waals surface area contributed by atoms with Crippen molar-refractivity contribution in [3.05, 3.63) is 75.2 Å². The van der Waals surface area contributed by atoms with Gasteiger partial charge in [-0.15, -0.1) is 11.3 Å². The number of hydrogen-bond donors (Lipinski definition) is 1. The number of thiophene rings is 1. The van der Waals surface area contributed by atoms with Crippen molar-refractivity contribution in [1.29, 1.82) is 0 Å². The lowest BCUT2D eigenvalue weighted by Crippen LogP contribution is -2.29. The van der Waals surface area contributed by atoms with Gasteiger partial charge in [0.15, 0.2) is 5.11 Å². The summed E-state index contributed by atoms with van der Waals surface area (Å²) in [5.74, 6) is 0.791. The molecule has 7 heteroatoms. The molecule has 4 rings (SSSR count). The molecule has 1 fully saturated rings. The van der Waals surface area contributed by atoms with Crippen LogP contribution in [-0.2, 0) is 0 Å². The van der Waals surface area contributed by atoms with E-state index in [4.69, 9.17) is 17.0 Å². The van der Waals surface area contributed by atoms with Gasteiger partial charge in [-0.05, 0) is 58.5 Å². The number of benzene rings is 1. The molecular weight excluding hydrogens is 430 g/mol. The van der Waals surface area contributed by atoms with Crippen molar-refractivity contribution in [2.75, 3.05) is 12.0 Å². The lowest BCUT2D eigenvalue weighted by Gasteiger charge is -2.28. The third kappa shape index (κ3) is 3.11. The van der Waals surface area contributed by atoms with E-state index in [1.165, 1.54) is 4.88 Å². The Balaban J connectivity index is 1.85. The second kappa shape index (κ2) is 7.34. The zero-order chi connectivity index (χ0) is 18.1. The van der Waals surface area contributed by atoms with Crippen LogP contribution < -0.4 is 15.0 Å². The third-order valence-electron chi connectivity index (χ3n) is 4.32. The molecule has 0 spiro atoms. The van der Waals surface area contributed by atoms with Crippen LogP contribution in [-0.4, -0.2) is 17.2 Å². The van der Waals surface area contributed by atoms with Crippen LogP contribution in [0.5, 0.6) is 5.75 Å². The molecule has 1 aliphatic heterocycles. The highest BCUT2D eigenvalue weighted by Gasteiger charge is 2.42. The van der Waals surface area contributed by atoms with Crippen LogP contribution in [0, 0.1) is 0 Å². The number of para-hydroxylation sites is 2. The first-order chi connectivity index (χ1) is 12.7. The highest BCUT2D eigenvalue weighted by atomic mass is 79.9. The Hall–Kier alpha value is -1.96. The number of aromatic nitrogens is 1. The third-order valence-corrected chi connectivity index (χ3v) is 6.40. The number of methoxy groups -OCH3 is 1. The van der Waals surface area contributed by atoms with Gasteiger partial charge in [-0.2, -0.15) is 0 Å².